The molecular formula is C14H20F3N3O. The molecule has 0 radical (unpaired) electrons. The summed E-state index contributed by atoms with van der Waals surface area (Å²) in [6, 6.07) is 6.37. The Morgan fingerprint density at radius 3 is 2.33 bits per heavy atom. The van der Waals surface area contributed by atoms with Crippen molar-refractivity contribution in [3.05, 3.63) is 29.8 Å². The third-order valence-electron chi connectivity index (χ3n) is 2.94. The molecule has 0 aliphatic heterocycles. The van der Waals surface area contributed by atoms with Gasteiger partial charge in [-0.05, 0) is 31.2 Å². The van der Waals surface area contributed by atoms with Gasteiger partial charge in [0.2, 0.25) is 0 Å². The number of halogens is 3. The van der Waals surface area contributed by atoms with Gasteiger partial charge in [0.15, 0.2) is 0 Å². The van der Waals surface area contributed by atoms with Crippen molar-refractivity contribution in [3.63, 3.8) is 0 Å². The van der Waals surface area contributed by atoms with Gasteiger partial charge in [-0.15, -0.1) is 0 Å². The zero-order chi connectivity index (χ0) is 16.0. The van der Waals surface area contributed by atoms with Crippen LogP contribution in [0.2, 0.25) is 0 Å². The molecule has 0 aliphatic rings. The minimum atomic E-state index is -4.41. The summed E-state index contributed by atoms with van der Waals surface area (Å²) in [6.45, 7) is 3.56. The van der Waals surface area contributed by atoms with E-state index in [-0.39, 0.29) is 6.04 Å². The molecule has 1 atom stereocenters. The Kier molecular flexibility index (Phi) is 6.02. The van der Waals surface area contributed by atoms with Gasteiger partial charge in [-0.1, -0.05) is 19.1 Å². The molecule has 0 bridgehead atoms. The fraction of sp³-hybridized carbons (Fsp3) is 0.500. The third-order valence-corrected chi connectivity index (χ3v) is 2.94. The number of anilines is 1. The summed E-state index contributed by atoms with van der Waals surface area (Å²) in [4.78, 5) is 12.2. The predicted molar refractivity (Wildman–Crippen MR) is 76.2 cm³/mol. The molecule has 1 unspecified atom stereocenters. The topological polar surface area (TPSA) is 44.4 Å². The van der Waals surface area contributed by atoms with Gasteiger partial charge in [-0.3, -0.25) is 0 Å². The lowest BCUT2D eigenvalue weighted by Crippen LogP contribution is -2.38. The van der Waals surface area contributed by atoms with E-state index < -0.39 is 18.8 Å². The lowest BCUT2D eigenvalue weighted by molar-refractivity contribution is -0.137. The fourth-order valence-electron chi connectivity index (χ4n) is 1.84. The lowest BCUT2D eigenvalue weighted by atomic mass is 10.1. The van der Waals surface area contributed by atoms with Crippen LogP contribution in [0.4, 0.5) is 23.7 Å². The Hall–Kier alpha value is -1.76. The normalized spacial score (nSPS) is 12.9. The van der Waals surface area contributed by atoms with Crippen molar-refractivity contribution >= 4 is 11.7 Å². The standard InChI is InChI=1S/C14H20F3N3O/c1-4-18-10(2)11-5-7-12(8-6-11)19-13(21)20(3)9-14(15,16)17/h5-8,10,18H,4,9H2,1-3H3,(H,19,21). The first-order valence-electron chi connectivity index (χ1n) is 6.65. The summed E-state index contributed by atoms with van der Waals surface area (Å²) in [6.07, 6.45) is -4.41. The molecule has 2 N–H and O–H groups in total. The minimum absolute atomic E-state index is 0.174. The number of nitrogens with zero attached hydrogens (tertiary/aromatic N) is 1. The molecule has 21 heavy (non-hydrogen) atoms. The van der Waals surface area contributed by atoms with Crippen LogP contribution in [0.25, 0.3) is 0 Å². The minimum Gasteiger partial charge on any atom is -0.318 e. The summed E-state index contributed by atoms with van der Waals surface area (Å²) in [5.74, 6) is 0. The van der Waals surface area contributed by atoms with Crippen LogP contribution in [0.1, 0.15) is 25.5 Å². The maximum atomic E-state index is 12.2. The number of hydrogen-bond donors (Lipinski definition) is 2. The van der Waals surface area contributed by atoms with E-state index in [9.17, 15) is 18.0 Å². The number of urea groups is 1. The molecule has 1 rings (SSSR count). The summed E-state index contributed by atoms with van der Waals surface area (Å²) in [5, 5.41) is 5.67. The predicted octanol–water partition coefficient (Wildman–Crippen LogP) is 3.38. The average molecular weight is 303 g/mol. The van der Waals surface area contributed by atoms with E-state index in [0.717, 1.165) is 19.2 Å². The second kappa shape index (κ2) is 7.31. The molecule has 0 spiro atoms. The first kappa shape index (κ1) is 17.3. The molecule has 0 fully saturated rings. The maximum Gasteiger partial charge on any atom is 0.406 e. The Morgan fingerprint density at radius 2 is 1.86 bits per heavy atom. The van der Waals surface area contributed by atoms with Crippen LogP contribution in [0.15, 0.2) is 24.3 Å². The van der Waals surface area contributed by atoms with Crippen LogP contribution in [0, 0.1) is 0 Å². The SMILES string of the molecule is CCNC(C)c1ccc(NC(=O)N(C)CC(F)(F)F)cc1. The van der Waals surface area contributed by atoms with Crippen molar-refractivity contribution in [1.29, 1.82) is 0 Å². The Labute approximate surface area is 122 Å². The van der Waals surface area contributed by atoms with Crippen molar-refractivity contribution in [1.82, 2.24) is 10.2 Å². The Morgan fingerprint density at radius 1 is 1.29 bits per heavy atom. The molecule has 1 aromatic carbocycles. The van der Waals surface area contributed by atoms with E-state index in [1.807, 2.05) is 26.0 Å². The summed E-state index contributed by atoms with van der Waals surface area (Å²) < 4.78 is 36.6. The molecule has 0 aromatic heterocycles. The van der Waals surface area contributed by atoms with Crippen molar-refractivity contribution in [2.75, 3.05) is 25.5 Å². The second-order valence-corrected chi connectivity index (χ2v) is 4.80. The van der Waals surface area contributed by atoms with Gasteiger partial charge >= 0.3 is 12.2 Å². The first-order chi connectivity index (χ1) is 9.73. The van der Waals surface area contributed by atoms with Gasteiger partial charge in [0.25, 0.3) is 0 Å². The number of benzene rings is 1. The molecule has 1 aromatic rings. The van der Waals surface area contributed by atoms with Crippen molar-refractivity contribution in [2.45, 2.75) is 26.1 Å². The van der Waals surface area contributed by atoms with Gasteiger partial charge in [0, 0.05) is 18.8 Å². The van der Waals surface area contributed by atoms with E-state index in [0.29, 0.717) is 10.6 Å². The number of carbonyl (C=O) groups is 1. The number of rotatable bonds is 5. The fourth-order valence-corrected chi connectivity index (χ4v) is 1.84. The molecule has 2 amide bonds. The number of hydrogen-bond acceptors (Lipinski definition) is 2. The smallest absolute Gasteiger partial charge is 0.318 e. The maximum absolute atomic E-state index is 12.2. The van der Waals surface area contributed by atoms with Gasteiger partial charge in [-0.2, -0.15) is 13.2 Å². The van der Waals surface area contributed by atoms with Crippen molar-refractivity contribution in [2.24, 2.45) is 0 Å². The molecular weight excluding hydrogens is 283 g/mol. The summed E-state index contributed by atoms with van der Waals surface area (Å²) in [7, 11) is 1.10. The van der Waals surface area contributed by atoms with Crippen LogP contribution >= 0.6 is 0 Å². The van der Waals surface area contributed by atoms with Gasteiger partial charge in [0.1, 0.15) is 6.54 Å². The average Bonchev–Trinajstić information content (AvgIpc) is 2.37. The molecule has 0 saturated heterocycles. The Balaban J connectivity index is 2.61. The zero-order valence-electron chi connectivity index (χ0n) is 12.3. The number of carbonyl (C=O) groups excluding carboxylic acids is 1. The highest BCUT2D eigenvalue weighted by Crippen LogP contribution is 2.18. The van der Waals surface area contributed by atoms with Crippen molar-refractivity contribution in [3.8, 4) is 0 Å². The first-order valence-corrected chi connectivity index (χ1v) is 6.65. The third kappa shape index (κ3) is 6.03. The van der Waals surface area contributed by atoms with E-state index in [2.05, 4.69) is 10.6 Å². The number of nitrogens with one attached hydrogen (secondary N) is 2. The number of alkyl halides is 3. The van der Waals surface area contributed by atoms with E-state index >= 15 is 0 Å². The molecule has 0 heterocycles. The van der Waals surface area contributed by atoms with Gasteiger partial charge < -0.3 is 15.5 Å². The summed E-state index contributed by atoms with van der Waals surface area (Å²) >= 11 is 0. The highest BCUT2D eigenvalue weighted by Gasteiger charge is 2.31. The van der Waals surface area contributed by atoms with Gasteiger partial charge in [0.05, 0.1) is 0 Å². The molecule has 118 valence electrons. The van der Waals surface area contributed by atoms with Gasteiger partial charge in [-0.25, -0.2) is 4.79 Å². The largest absolute Gasteiger partial charge is 0.406 e. The summed E-state index contributed by atoms with van der Waals surface area (Å²) in [5.41, 5.74) is 1.50. The Bertz CT molecular complexity index is 460. The second-order valence-electron chi connectivity index (χ2n) is 4.80. The van der Waals surface area contributed by atoms with Crippen LogP contribution in [-0.2, 0) is 0 Å². The van der Waals surface area contributed by atoms with Crippen LogP contribution in [0.5, 0.6) is 0 Å². The van der Waals surface area contributed by atoms with Crippen LogP contribution in [0.3, 0.4) is 0 Å². The molecule has 7 heteroatoms. The lowest BCUT2D eigenvalue weighted by Gasteiger charge is -2.19. The molecule has 4 nitrogen and oxygen atoms in total. The van der Waals surface area contributed by atoms with Crippen LogP contribution in [-0.4, -0.2) is 37.2 Å². The van der Waals surface area contributed by atoms with E-state index in [1.54, 1.807) is 12.1 Å². The highest BCUT2D eigenvalue weighted by molar-refractivity contribution is 5.89. The van der Waals surface area contributed by atoms with E-state index in [4.69, 9.17) is 0 Å². The van der Waals surface area contributed by atoms with E-state index in [1.165, 1.54) is 0 Å². The monoisotopic (exact) mass is 303 g/mol. The quantitative estimate of drug-likeness (QED) is 0.876. The molecule has 0 saturated carbocycles. The van der Waals surface area contributed by atoms with Crippen molar-refractivity contribution < 1.29 is 18.0 Å². The zero-order valence-corrected chi connectivity index (χ0v) is 12.3. The van der Waals surface area contributed by atoms with Crippen LogP contribution < -0.4 is 10.6 Å². The number of amides is 2. The highest BCUT2D eigenvalue weighted by atomic mass is 19.4. The molecule has 0 aliphatic carbocycles.